The van der Waals surface area contributed by atoms with Crippen molar-refractivity contribution in [2.75, 3.05) is 10.8 Å². The Bertz CT molecular complexity index is 1740. The third kappa shape index (κ3) is 9.33. The summed E-state index contributed by atoms with van der Waals surface area (Å²) < 4.78 is 29.3. The topological polar surface area (TPSA) is 86.8 Å². The van der Waals surface area contributed by atoms with E-state index in [1.165, 1.54) is 23.1 Å². The molecule has 0 saturated carbocycles. The van der Waals surface area contributed by atoms with Crippen LogP contribution in [0.1, 0.15) is 37.5 Å². The number of anilines is 1. The molecule has 45 heavy (non-hydrogen) atoms. The first-order valence-corrected chi connectivity index (χ1v) is 16.7. The third-order valence-electron chi connectivity index (χ3n) is 7.00. The van der Waals surface area contributed by atoms with Crippen LogP contribution in [0, 0.1) is 6.92 Å². The summed E-state index contributed by atoms with van der Waals surface area (Å²) in [6.07, 6.45) is 0.205. The molecule has 0 radical (unpaired) electrons. The predicted octanol–water partition coefficient (Wildman–Crippen LogP) is 7.05. The molecule has 1 unspecified atom stereocenters. The van der Waals surface area contributed by atoms with Gasteiger partial charge < -0.3 is 10.2 Å². The summed E-state index contributed by atoms with van der Waals surface area (Å²) in [7, 11) is -4.22. The molecular formula is C35H37Cl2N3O4S. The Morgan fingerprint density at radius 2 is 1.40 bits per heavy atom. The first kappa shape index (κ1) is 34.0. The van der Waals surface area contributed by atoms with Gasteiger partial charge in [0.15, 0.2) is 0 Å². The summed E-state index contributed by atoms with van der Waals surface area (Å²) >= 11 is 12.6. The molecule has 4 rings (SSSR count). The number of rotatable bonds is 11. The van der Waals surface area contributed by atoms with Crippen molar-refractivity contribution >= 4 is 50.7 Å². The number of hydrogen-bond donors (Lipinski definition) is 1. The second-order valence-corrected chi connectivity index (χ2v) is 14.6. The number of nitrogens with zero attached hydrogens (tertiary/aromatic N) is 2. The van der Waals surface area contributed by atoms with Crippen molar-refractivity contribution in [2.24, 2.45) is 0 Å². The van der Waals surface area contributed by atoms with E-state index in [0.29, 0.717) is 15.6 Å². The lowest BCUT2D eigenvalue weighted by Crippen LogP contribution is -2.56. The van der Waals surface area contributed by atoms with Gasteiger partial charge >= 0.3 is 0 Å². The molecule has 236 valence electrons. The minimum absolute atomic E-state index is 0.0163. The molecule has 0 aromatic heterocycles. The van der Waals surface area contributed by atoms with E-state index in [0.717, 1.165) is 15.4 Å². The van der Waals surface area contributed by atoms with Crippen molar-refractivity contribution in [3.63, 3.8) is 0 Å². The zero-order valence-corrected chi connectivity index (χ0v) is 28.0. The molecule has 0 bridgehead atoms. The van der Waals surface area contributed by atoms with E-state index >= 15 is 0 Å². The molecule has 0 fully saturated rings. The van der Waals surface area contributed by atoms with Gasteiger partial charge in [-0.2, -0.15) is 0 Å². The van der Waals surface area contributed by atoms with Crippen LogP contribution in [0.4, 0.5) is 5.69 Å². The molecule has 0 heterocycles. The molecule has 10 heteroatoms. The van der Waals surface area contributed by atoms with Crippen molar-refractivity contribution in [3.8, 4) is 0 Å². The van der Waals surface area contributed by atoms with Gasteiger partial charge in [-0.1, -0.05) is 89.4 Å². The zero-order chi connectivity index (χ0) is 32.8. The van der Waals surface area contributed by atoms with Gasteiger partial charge in [-0.05, 0) is 81.3 Å². The summed E-state index contributed by atoms with van der Waals surface area (Å²) in [6.45, 7) is 6.89. The van der Waals surface area contributed by atoms with Gasteiger partial charge in [0.1, 0.15) is 12.6 Å². The quantitative estimate of drug-likeness (QED) is 0.186. The number of nitrogens with one attached hydrogen (secondary N) is 1. The average molecular weight is 667 g/mol. The molecule has 0 aliphatic rings. The van der Waals surface area contributed by atoms with Crippen LogP contribution in [0.15, 0.2) is 108 Å². The van der Waals surface area contributed by atoms with Gasteiger partial charge in [-0.25, -0.2) is 8.42 Å². The van der Waals surface area contributed by atoms with Crippen molar-refractivity contribution in [2.45, 2.75) is 57.1 Å². The Hall–Kier alpha value is -3.85. The van der Waals surface area contributed by atoms with Crippen LogP contribution in [-0.2, 0) is 32.6 Å². The number of sulfonamides is 1. The Morgan fingerprint density at radius 1 is 0.800 bits per heavy atom. The second kappa shape index (κ2) is 14.5. The number of amides is 2. The second-order valence-electron chi connectivity index (χ2n) is 11.9. The molecular weight excluding hydrogens is 629 g/mol. The molecule has 0 saturated heterocycles. The molecule has 1 N–H and O–H groups in total. The number of carbonyl (C=O) groups is 2. The average Bonchev–Trinajstić information content (AvgIpc) is 2.97. The number of carbonyl (C=O) groups excluding carboxylic acids is 2. The van der Waals surface area contributed by atoms with Crippen LogP contribution < -0.4 is 9.62 Å². The summed E-state index contributed by atoms with van der Waals surface area (Å²) in [5.74, 6) is -0.937. The summed E-state index contributed by atoms with van der Waals surface area (Å²) in [6, 6.07) is 28.2. The first-order chi connectivity index (χ1) is 21.2. The Balaban J connectivity index is 1.82. The summed E-state index contributed by atoms with van der Waals surface area (Å²) in [5, 5.41) is 3.80. The predicted molar refractivity (Wildman–Crippen MR) is 181 cm³/mol. The SMILES string of the molecule is Cc1ccc(S(=O)(=O)N(CC(=O)N(Cc2cccc(Cl)c2)C(Cc2ccccc2)C(=O)NC(C)(C)C)c2cccc(Cl)c2)cc1. The Kier molecular flexibility index (Phi) is 11.0. The van der Waals surface area contributed by atoms with Crippen molar-refractivity contribution < 1.29 is 18.0 Å². The summed E-state index contributed by atoms with van der Waals surface area (Å²) in [4.78, 5) is 29.9. The van der Waals surface area contributed by atoms with Crippen LogP contribution in [0.5, 0.6) is 0 Å². The maximum absolute atomic E-state index is 14.5. The highest BCUT2D eigenvalue weighted by Crippen LogP contribution is 2.27. The molecule has 2 amide bonds. The van der Waals surface area contributed by atoms with E-state index in [1.54, 1.807) is 48.5 Å². The standard InChI is InChI=1S/C35H37Cl2N3O4S/c1-25-16-18-31(19-17-25)45(43,44)40(30-15-9-14-29(37)22-30)24-33(41)39(23-27-12-8-13-28(36)20-27)32(34(42)38-35(2,3)4)21-26-10-6-5-7-11-26/h5-20,22,32H,21,23-24H2,1-4H3,(H,38,42). The van der Waals surface area contributed by atoms with E-state index in [9.17, 15) is 18.0 Å². The Morgan fingerprint density at radius 3 is 2.00 bits per heavy atom. The van der Waals surface area contributed by atoms with Gasteiger partial charge in [0, 0.05) is 28.5 Å². The molecule has 0 spiro atoms. The van der Waals surface area contributed by atoms with E-state index in [-0.39, 0.29) is 29.5 Å². The number of halogens is 2. The fourth-order valence-corrected chi connectivity index (χ4v) is 6.64. The van der Waals surface area contributed by atoms with E-state index in [1.807, 2.05) is 64.1 Å². The lowest BCUT2D eigenvalue weighted by molar-refractivity contribution is -0.140. The van der Waals surface area contributed by atoms with Crippen LogP contribution in [0.3, 0.4) is 0 Å². The van der Waals surface area contributed by atoms with Crippen molar-refractivity contribution in [1.82, 2.24) is 10.2 Å². The minimum Gasteiger partial charge on any atom is -0.350 e. The monoisotopic (exact) mass is 665 g/mol. The maximum atomic E-state index is 14.5. The van der Waals surface area contributed by atoms with Gasteiger partial charge in [-0.15, -0.1) is 0 Å². The van der Waals surface area contributed by atoms with Gasteiger partial charge in [-0.3, -0.25) is 13.9 Å². The molecule has 0 aliphatic heterocycles. The van der Waals surface area contributed by atoms with Crippen LogP contribution in [-0.4, -0.2) is 43.3 Å². The normalized spacial score (nSPS) is 12.3. The van der Waals surface area contributed by atoms with Crippen LogP contribution in [0.25, 0.3) is 0 Å². The Labute approximate surface area is 275 Å². The first-order valence-electron chi connectivity index (χ1n) is 14.5. The number of hydrogen-bond acceptors (Lipinski definition) is 4. The van der Waals surface area contributed by atoms with E-state index in [4.69, 9.17) is 23.2 Å². The largest absolute Gasteiger partial charge is 0.350 e. The highest BCUT2D eigenvalue weighted by atomic mass is 35.5. The van der Waals surface area contributed by atoms with E-state index in [2.05, 4.69) is 5.32 Å². The fourth-order valence-electron chi connectivity index (χ4n) is 4.84. The van der Waals surface area contributed by atoms with Gasteiger partial charge in [0.25, 0.3) is 10.0 Å². The van der Waals surface area contributed by atoms with Crippen molar-refractivity contribution in [3.05, 3.63) is 130 Å². The van der Waals surface area contributed by atoms with Crippen LogP contribution >= 0.6 is 23.2 Å². The summed E-state index contributed by atoms with van der Waals surface area (Å²) in [5.41, 5.74) is 2.06. The lowest BCUT2D eigenvalue weighted by atomic mass is 10.0. The molecule has 7 nitrogen and oxygen atoms in total. The fraction of sp³-hybridized carbons (Fsp3) is 0.257. The van der Waals surface area contributed by atoms with Gasteiger partial charge in [0.05, 0.1) is 10.6 Å². The highest BCUT2D eigenvalue weighted by Gasteiger charge is 2.35. The van der Waals surface area contributed by atoms with Gasteiger partial charge in [0.2, 0.25) is 11.8 Å². The van der Waals surface area contributed by atoms with E-state index < -0.39 is 34.1 Å². The number of benzene rings is 4. The lowest BCUT2D eigenvalue weighted by Gasteiger charge is -2.35. The maximum Gasteiger partial charge on any atom is 0.264 e. The number of aryl methyl sites for hydroxylation is 1. The van der Waals surface area contributed by atoms with Crippen LogP contribution in [0.2, 0.25) is 10.0 Å². The highest BCUT2D eigenvalue weighted by molar-refractivity contribution is 7.92. The molecule has 1 atom stereocenters. The molecule has 4 aromatic rings. The molecule has 4 aromatic carbocycles. The minimum atomic E-state index is -4.22. The molecule has 0 aliphatic carbocycles. The van der Waals surface area contributed by atoms with Crippen molar-refractivity contribution in [1.29, 1.82) is 0 Å². The third-order valence-corrected chi connectivity index (χ3v) is 9.25. The zero-order valence-electron chi connectivity index (χ0n) is 25.7. The smallest absolute Gasteiger partial charge is 0.264 e.